The molecule has 0 amide bonds. The molecule has 1 aromatic carbocycles. The molecule has 0 aromatic heterocycles. The molecular weight excluding hydrogens is 152 g/mol. The summed E-state index contributed by atoms with van der Waals surface area (Å²) in [5, 5.41) is 1.62. The molecule has 4 N–H and O–H groups in total. The largest absolute Gasteiger partial charge is 0.397 e. The van der Waals surface area contributed by atoms with E-state index in [-0.39, 0.29) is 0 Å². The smallest absolute Gasteiger partial charge is 0.110 e. The monoisotopic (exact) mass is 162 g/mol. The van der Waals surface area contributed by atoms with Crippen LogP contribution in [-0.2, 0) is 0 Å². The number of hydrazine groups is 1. The van der Waals surface area contributed by atoms with Crippen molar-refractivity contribution >= 4 is 23.3 Å². The number of benzene rings is 1. The van der Waals surface area contributed by atoms with E-state index in [0.717, 1.165) is 11.4 Å². The Morgan fingerprint density at radius 2 is 2.25 bits per heavy atom. The van der Waals surface area contributed by atoms with Gasteiger partial charge in [0.15, 0.2) is 0 Å². The van der Waals surface area contributed by atoms with Crippen molar-refractivity contribution in [2.45, 2.75) is 0 Å². The van der Waals surface area contributed by atoms with Gasteiger partial charge in [-0.1, -0.05) is 6.07 Å². The van der Waals surface area contributed by atoms with E-state index in [2.05, 4.69) is 4.99 Å². The molecule has 62 valence electrons. The lowest BCUT2D eigenvalue weighted by Gasteiger charge is -2.22. The quantitative estimate of drug-likeness (QED) is 0.435. The average molecular weight is 162 g/mol. The minimum Gasteiger partial charge on any atom is -0.397 e. The topological polar surface area (TPSA) is 67.6 Å². The van der Waals surface area contributed by atoms with Gasteiger partial charge in [-0.25, -0.2) is 5.84 Å². The van der Waals surface area contributed by atoms with Crippen molar-refractivity contribution in [1.29, 1.82) is 0 Å². The molecule has 1 aliphatic rings. The highest BCUT2D eigenvalue weighted by Gasteiger charge is 2.12. The van der Waals surface area contributed by atoms with Crippen molar-refractivity contribution in [3.8, 4) is 0 Å². The first-order valence-corrected chi connectivity index (χ1v) is 3.72. The Kier molecular flexibility index (Phi) is 1.48. The van der Waals surface area contributed by atoms with Crippen LogP contribution in [-0.4, -0.2) is 12.8 Å². The number of rotatable bonds is 0. The highest BCUT2D eigenvalue weighted by atomic mass is 15.4. The van der Waals surface area contributed by atoms with Crippen molar-refractivity contribution < 1.29 is 0 Å². The first-order valence-electron chi connectivity index (χ1n) is 3.72. The van der Waals surface area contributed by atoms with Gasteiger partial charge >= 0.3 is 0 Å². The van der Waals surface area contributed by atoms with Gasteiger partial charge in [0.05, 0.1) is 17.9 Å². The molecule has 4 nitrogen and oxygen atoms in total. The van der Waals surface area contributed by atoms with E-state index in [1.807, 2.05) is 18.2 Å². The molecule has 0 fully saturated rings. The molecule has 0 saturated carbocycles. The van der Waals surface area contributed by atoms with Crippen molar-refractivity contribution in [2.75, 3.05) is 17.3 Å². The van der Waals surface area contributed by atoms with E-state index in [1.54, 1.807) is 11.2 Å². The lowest BCUT2D eigenvalue weighted by Crippen LogP contribution is -2.34. The highest BCUT2D eigenvalue weighted by Crippen LogP contribution is 2.34. The molecule has 12 heavy (non-hydrogen) atoms. The van der Waals surface area contributed by atoms with Crippen LogP contribution in [0.25, 0.3) is 0 Å². The summed E-state index contributed by atoms with van der Waals surface area (Å²) >= 11 is 0. The van der Waals surface area contributed by atoms with Crippen LogP contribution in [0.4, 0.5) is 17.1 Å². The van der Waals surface area contributed by atoms with Gasteiger partial charge in [0.2, 0.25) is 0 Å². The van der Waals surface area contributed by atoms with E-state index in [0.29, 0.717) is 12.2 Å². The second kappa shape index (κ2) is 2.49. The van der Waals surface area contributed by atoms with Crippen LogP contribution in [0, 0.1) is 0 Å². The average Bonchev–Trinajstić information content (AvgIpc) is 2.07. The third kappa shape index (κ3) is 0.931. The number of nitrogens with two attached hydrogens (primary N) is 2. The van der Waals surface area contributed by atoms with E-state index < -0.39 is 0 Å². The number of aliphatic imine (C=N–C) groups is 1. The summed E-state index contributed by atoms with van der Waals surface area (Å²) in [4.78, 5) is 4.17. The van der Waals surface area contributed by atoms with Gasteiger partial charge < -0.3 is 10.7 Å². The second-order valence-electron chi connectivity index (χ2n) is 2.68. The fraction of sp³-hybridized carbons (Fsp3) is 0.125. The summed E-state index contributed by atoms with van der Waals surface area (Å²) in [6.07, 6.45) is 1.75. The Labute approximate surface area is 70.5 Å². The third-order valence-electron chi connectivity index (χ3n) is 1.85. The van der Waals surface area contributed by atoms with Gasteiger partial charge in [-0.05, 0) is 12.1 Å². The van der Waals surface area contributed by atoms with Crippen molar-refractivity contribution in [3.05, 3.63) is 18.2 Å². The van der Waals surface area contributed by atoms with Gasteiger partial charge in [-0.15, -0.1) is 0 Å². The Balaban J connectivity index is 2.61. The molecule has 1 heterocycles. The lowest BCUT2D eigenvalue weighted by atomic mass is 10.2. The zero-order valence-corrected chi connectivity index (χ0v) is 6.57. The van der Waals surface area contributed by atoms with Crippen LogP contribution in [0.15, 0.2) is 23.2 Å². The van der Waals surface area contributed by atoms with Crippen LogP contribution in [0.3, 0.4) is 0 Å². The number of anilines is 2. The van der Waals surface area contributed by atoms with E-state index in [1.165, 1.54) is 0 Å². The number of nitrogens with zero attached hydrogens (tertiary/aromatic N) is 2. The summed E-state index contributed by atoms with van der Waals surface area (Å²) in [5.41, 5.74) is 8.03. The number of fused-ring (bicyclic) bond motifs is 1. The summed E-state index contributed by atoms with van der Waals surface area (Å²) in [5.74, 6) is 5.70. The number of nitrogen functional groups attached to an aromatic ring is 1. The van der Waals surface area contributed by atoms with Crippen molar-refractivity contribution in [1.82, 2.24) is 0 Å². The third-order valence-corrected chi connectivity index (χ3v) is 1.85. The fourth-order valence-corrected chi connectivity index (χ4v) is 1.24. The van der Waals surface area contributed by atoms with Gasteiger partial charge in [0.25, 0.3) is 0 Å². The zero-order valence-electron chi connectivity index (χ0n) is 6.57. The number of hydrogen-bond donors (Lipinski definition) is 2. The first kappa shape index (κ1) is 7.12. The summed E-state index contributed by atoms with van der Waals surface area (Å²) in [7, 11) is 0. The number of hydrogen-bond acceptors (Lipinski definition) is 4. The Morgan fingerprint density at radius 3 is 3.00 bits per heavy atom. The normalized spacial score (nSPS) is 14.6. The summed E-state index contributed by atoms with van der Waals surface area (Å²) in [6, 6.07) is 5.59. The summed E-state index contributed by atoms with van der Waals surface area (Å²) < 4.78 is 0. The predicted octanol–water partition coefficient (Wildman–Crippen LogP) is 0.665. The van der Waals surface area contributed by atoms with Gasteiger partial charge in [-0.3, -0.25) is 4.99 Å². The molecule has 4 heteroatoms. The molecule has 0 spiro atoms. The van der Waals surface area contributed by atoms with Crippen LogP contribution in [0.5, 0.6) is 0 Å². The maximum absolute atomic E-state index is 5.71. The molecule has 0 unspecified atom stereocenters. The van der Waals surface area contributed by atoms with E-state index in [9.17, 15) is 0 Å². The minimum atomic E-state index is 0.635. The van der Waals surface area contributed by atoms with Crippen molar-refractivity contribution in [3.63, 3.8) is 0 Å². The Morgan fingerprint density at radius 1 is 1.42 bits per heavy atom. The molecule has 0 saturated heterocycles. The first-order chi connectivity index (χ1) is 5.79. The van der Waals surface area contributed by atoms with Crippen LogP contribution in [0.1, 0.15) is 0 Å². The maximum atomic E-state index is 5.71. The van der Waals surface area contributed by atoms with E-state index >= 15 is 0 Å². The summed E-state index contributed by atoms with van der Waals surface area (Å²) in [6.45, 7) is 0.635. The molecule has 0 atom stereocenters. The van der Waals surface area contributed by atoms with Crippen LogP contribution in [0.2, 0.25) is 0 Å². The highest BCUT2D eigenvalue weighted by molar-refractivity contribution is 5.87. The minimum absolute atomic E-state index is 0.635. The number of para-hydroxylation sites is 1. The van der Waals surface area contributed by atoms with E-state index in [4.69, 9.17) is 11.6 Å². The van der Waals surface area contributed by atoms with Crippen LogP contribution >= 0.6 is 0 Å². The predicted molar refractivity (Wildman–Crippen MR) is 50.5 cm³/mol. The van der Waals surface area contributed by atoms with Gasteiger partial charge in [-0.2, -0.15) is 0 Å². The molecule has 0 bridgehead atoms. The SMILES string of the molecule is Nc1cccc2c1N=CCN2N. The van der Waals surface area contributed by atoms with Gasteiger partial charge in [0.1, 0.15) is 5.69 Å². The van der Waals surface area contributed by atoms with Gasteiger partial charge in [0, 0.05) is 6.21 Å². The van der Waals surface area contributed by atoms with Crippen molar-refractivity contribution in [2.24, 2.45) is 10.8 Å². The maximum Gasteiger partial charge on any atom is 0.110 e. The molecule has 1 aromatic rings. The van der Waals surface area contributed by atoms with Crippen LogP contribution < -0.4 is 16.6 Å². The molecule has 1 aliphatic heterocycles. The molecule has 0 radical (unpaired) electrons. The Bertz CT molecular complexity index is 332. The fourth-order valence-electron chi connectivity index (χ4n) is 1.24. The lowest BCUT2D eigenvalue weighted by molar-refractivity contribution is 0.958. The molecule has 0 aliphatic carbocycles. The molecular formula is C8H10N4. The zero-order chi connectivity index (χ0) is 8.55. The standard InChI is InChI=1S/C8H10N4/c9-6-2-1-3-7-8(6)11-4-5-12(7)10/h1-4H,5,9-10H2. The Hall–Kier alpha value is -1.55. The second-order valence-corrected chi connectivity index (χ2v) is 2.68. The molecule has 2 rings (SSSR count).